The second-order valence-corrected chi connectivity index (χ2v) is 6.77. The maximum absolute atomic E-state index is 12.4. The summed E-state index contributed by atoms with van der Waals surface area (Å²) in [6, 6.07) is 12.9. The molecule has 2 aromatic carbocycles. The van der Waals surface area contributed by atoms with Crippen LogP contribution in [0.15, 0.2) is 42.5 Å². The number of nitrogens with one attached hydrogen (secondary N) is 2. The minimum absolute atomic E-state index is 0.135. The Morgan fingerprint density at radius 2 is 1.58 bits per heavy atom. The van der Waals surface area contributed by atoms with Crippen LogP contribution in [0.5, 0.6) is 0 Å². The van der Waals surface area contributed by atoms with Crippen molar-refractivity contribution in [3.05, 3.63) is 59.2 Å². The minimum Gasteiger partial charge on any atom is -0.325 e. The first-order chi connectivity index (χ1) is 12.3. The van der Waals surface area contributed by atoms with Crippen molar-refractivity contribution in [2.75, 3.05) is 24.2 Å². The molecular weight excluding hydrogens is 326 g/mol. The highest BCUT2D eigenvalue weighted by atomic mass is 16.2. The van der Waals surface area contributed by atoms with Gasteiger partial charge < -0.3 is 10.6 Å². The number of benzene rings is 2. The molecule has 0 saturated carbocycles. The zero-order valence-electron chi connectivity index (χ0n) is 16.1. The Bertz CT molecular complexity index is 764. The minimum atomic E-state index is -0.429. The fourth-order valence-corrected chi connectivity index (χ4v) is 2.89. The summed E-state index contributed by atoms with van der Waals surface area (Å²) in [6.45, 7) is 7.92. The van der Waals surface area contributed by atoms with E-state index in [4.69, 9.17) is 0 Å². The van der Waals surface area contributed by atoms with E-state index in [0.29, 0.717) is 0 Å². The average molecular weight is 353 g/mol. The standard InChI is InChI=1S/C21H27N3O2/c1-14-11-15(2)20(16(3)12-14)23-19(25)13-24(5)17(4)21(26)22-18-9-7-6-8-10-18/h6-12,17H,13H2,1-5H3,(H,22,26)(H,23,25)/t17-/m1/s1. The number of carbonyl (C=O) groups is 2. The van der Waals surface area contributed by atoms with Crippen molar-refractivity contribution in [1.29, 1.82) is 0 Å². The first kappa shape index (κ1) is 19.7. The van der Waals surface area contributed by atoms with E-state index in [1.807, 2.05) is 63.2 Å². The van der Waals surface area contributed by atoms with E-state index in [-0.39, 0.29) is 18.4 Å². The Morgan fingerprint density at radius 1 is 1.00 bits per heavy atom. The van der Waals surface area contributed by atoms with Crippen LogP contribution < -0.4 is 10.6 Å². The Hall–Kier alpha value is -2.66. The van der Waals surface area contributed by atoms with Crippen molar-refractivity contribution in [3.8, 4) is 0 Å². The lowest BCUT2D eigenvalue weighted by Crippen LogP contribution is -2.43. The van der Waals surface area contributed by atoms with Crippen LogP contribution in [-0.4, -0.2) is 36.3 Å². The largest absolute Gasteiger partial charge is 0.325 e. The number of carbonyl (C=O) groups excluding carboxylic acids is 2. The summed E-state index contributed by atoms with van der Waals surface area (Å²) in [5, 5.41) is 5.83. The highest BCUT2D eigenvalue weighted by molar-refractivity contribution is 5.96. The van der Waals surface area contributed by atoms with Gasteiger partial charge in [0.1, 0.15) is 0 Å². The summed E-state index contributed by atoms with van der Waals surface area (Å²) < 4.78 is 0. The molecule has 0 radical (unpaired) electrons. The molecule has 0 fully saturated rings. The van der Waals surface area contributed by atoms with E-state index in [1.165, 1.54) is 5.56 Å². The molecule has 0 heterocycles. The van der Waals surface area contributed by atoms with Gasteiger partial charge in [-0.05, 0) is 58.0 Å². The van der Waals surface area contributed by atoms with Gasteiger partial charge in [-0.1, -0.05) is 35.9 Å². The quantitative estimate of drug-likeness (QED) is 0.835. The van der Waals surface area contributed by atoms with Crippen molar-refractivity contribution >= 4 is 23.2 Å². The SMILES string of the molecule is Cc1cc(C)c(NC(=O)CN(C)[C@H](C)C(=O)Nc2ccccc2)c(C)c1. The summed E-state index contributed by atoms with van der Waals surface area (Å²) in [5.74, 6) is -0.281. The number of hydrogen-bond acceptors (Lipinski definition) is 3. The second-order valence-electron chi connectivity index (χ2n) is 6.77. The van der Waals surface area contributed by atoms with Crippen molar-refractivity contribution in [1.82, 2.24) is 4.90 Å². The number of rotatable bonds is 6. The summed E-state index contributed by atoms with van der Waals surface area (Å²) in [5.41, 5.74) is 4.83. The highest BCUT2D eigenvalue weighted by Gasteiger charge is 2.20. The van der Waals surface area contributed by atoms with Crippen molar-refractivity contribution in [3.63, 3.8) is 0 Å². The molecule has 138 valence electrons. The lowest BCUT2D eigenvalue weighted by molar-refractivity contribution is -0.122. The molecule has 0 aliphatic heterocycles. The van der Waals surface area contributed by atoms with Crippen LogP contribution in [0.25, 0.3) is 0 Å². The number of likely N-dealkylation sites (N-methyl/N-ethyl adjacent to an activating group) is 1. The molecule has 0 bridgehead atoms. The summed E-state index contributed by atoms with van der Waals surface area (Å²) in [4.78, 5) is 26.5. The van der Waals surface area contributed by atoms with E-state index in [2.05, 4.69) is 10.6 Å². The third-order valence-electron chi connectivity index (χ3n) is 4.42. The third kappa shape index (κ3) is 5.17. The van der Waals surface area contributed by atoms with Gasteiger partial charge in [-0.15, -0.1) is 0 Å². The number of nitrogens with zero attached hydrogens (tertiary/aromatic N) is 1. The number of hydrogen-bond donors (Lipinski definition) is 2. The number of para-hydroxylation sites is 1. The number of anilines is 2. The fraction of sp³-hybridized carbons (Fsp3) is 0.333. The molecule has 5 heteroatoms. The smallest absolute Gasteiger partial charge is 0.241 e. The Morgan fingerprint density at radius 3 is 2.15 bits per heavy atom. The maximum Gasteiger partial charge on any atom is 0.241 e. The van der Waals surface area contributed by atoms with Gasteiger partial charge in [0, 0.05) is 11.4 Å². The maximum atomic E-state index is 12.4. The normalized spacial score (nSPS) is 11.9. The zero-order valence-corrected chi connectivity index (χ0v) is 16.1. The van der Waals surface area contributed by atoms with Crippen LogP contribution in [0.1, 0.15) is 23.6 Å². The molecule has 2 N–H and O–H groups in total. The first-order valence-electron chi connectivity index (χ1n) is 8.71. The molecule has 2 amide bonds. The summed E-state index contributed by atoms with van der Waals surface area (Å²) in [7, 11) is 1.77. The Balaban J connectivity index is 1.95. The molecule has 5 nitrogen and oxygen atoms in total. The van der Waals surface area contributed by atoms with E-state index >= 15 is 0 Å². The van der Waals surface area contributed by atoms with Crippen LogP contribution in [0.2, 0.25) is 0 Å². The molecule has 0 unspecified atom stereocenters. The first-order valence-corrected chi connectivity index (χ1v) is 8.71. The lowest BCUT2D eigenvalue weighted by Gasteiger charge is -2.23. The van der Waals surface area contributed by atoms with E-state index in [9.17, 15) is 9.59 Å². The van der Waals surface area contributed by atoms with Gasteiger partial charge in [0.25, 0.3) is 0 Å². The predicted octanol–water partition coefficient (Wildman–Crippen LogP) is 3.51. The Kier molecular flexibility index (Phi) is 6.52. The van der Waals surface area contributed by atoms with E-state index < -0.39 is 6.04 Å². The van der Waals surface area contributed by atoms with Crippen LogP contribution in [0, 0.1) is 20.8 Å². The van der Waals surface area contributed by atoms with E-state index in [1.54, 1.807) is 18.9 Å². The molecule has 0 aromatic heterocycles. The van der Waals surface area contributed by atoms with Gasteiger partial charge in [0.05, 0.1) is 12.6 Å². The molecule has 0 spiro atoms. The van der Waals surface area contributed by atoms with Gasteiger partial charge in [-0.3, -0.25) is 14.5 Å². The molecule has 1 atom stereocenters. The zero-order chi connectivity index (χ0) is 19.3. The van der Waals surface area contributed by atoms with Crippen molar-refractivity contribution in [2.45, 2.75) is 33.7 Å². The van der Waals surface area contributed by atoms with Crippen LogP contribution >= 0.6 is 0 Å². The molecular formula is C21H27N3O2. The molecule has 2 rings (SSSR count). The van der Waals surface area contributed by atoms with Crippen LogP contribution in [0.4, 0.5) is 11.4 Å². The lowest BCUT2D eigenvalue weighted by atomic mass is 10.1. The van der Waals surface area contributed by atoms with Gasteiger partial charge in [-0.2, -0.15) is 0 Å². The third-order valence-corrected chi connectivity index (χ3v) is 4.42. The van der Waals surface area contributed by atoms with Gasteiger partial charge in [0.2, 0.25) is 11.8 Å². The summed E-state index contributed by atoms with van der Waals surface area (Å²) in [6.07, 6.45) is 0. The monoisotopic (exact) mass is 353 g/mol. The fourth-order valence-electron chi connectivity index (χ4n) is 2.89. The summed E-state index contributed by atoms with van der Waals surface area (Å²) >= 11 is 0. The molecule has 26 heavy (non-hydrogen) atoms. The number of amides is 2. The topological polar surface area (TPSA) is 61.4 Å². The molecule has 0 saturated heterocycles. The van der Waals surface area contributed by atoms with Gasteiger partial charge in [0.15, 0.2) is 0 Å². The van der Waals surface area contributed by atoms with Crippen molar-refractivity contribution in [2.24, 2.45) is 0 Å². The highest BCUT2D eigenvalue weighted by Crippen LogP contribution is 2.21. The second kappa shape index (κ2) is 8.63. The van der Waals surface area contributed by atoms with Gasteiger partial charge in [-0.25, -0.2) is 0 Å². The number of aryl methyl sites for hydroxylation is 3. The van der Waals surface area contributed by atoms with Crippen LogP contribution in [-0.2, 0) is 9.59 Å². The molecule has 2 aromatic rings. The average Bonchev–Trinajstić information content (AvgIpc) is 2.58. The Labute approximate surface area is 155 Å². The van der Waals surface area contributed by atoms with Crippen LogP contribution in [0.3, 0.4) is 0 Å². The van der Waals surface area contributed by atoms with Gasteiger partial charge >= 0.3 is 0 Å². The predicted molar refractivity (Wildman–Crippen MR) is 106 cm³/mol. The van der Waals surface area contributed by atoms with Crippen molar-refractivity contribution < 1.29 is 9.59 Å². The molecule has 0 aliphatic carbocycles. The molecule has 0 aliphatic rings. The van der Waals surface area contributed by atoms with E-state index in [0.717, 1.165) is 22.5 Å².